The summed E-state index contributed by atoms with van der Waals surface area (Å²) >= 11 is 0. The van der Waals surface area contributed by atoms with Crippen molar-refractivity contribution in [2.24, 2.45) is 11.8 Å². The molecule has 2 rings (SSSR count). The summed E-state index contributed by atoms with van der Waals surface area (Å²) in [5.74, 6) is 2.32. The Kier molecular flexibility index (Phi) is 13.4. The summed E-state index contributed by atoms with van der Waals surface area (Å²) in [5.41, 5.74) is 0. The molecule has 1 aliphatic carbocycles. The van der Waals surface area contributed by atoms with Gasteiger partial charge >= 0.3 is 5.97 Å². The number of ether oxygens (including phenoxy) is 2. The summed E-state index contributed by atoms with van der Waals surface area (Å²) in [7, 11) is 0. The van der Waals surface area contributed by atoms with Gasteiger partial charge in [0.15, 0.2) is 0 Å². The van der Waals surface area contributed by atoms with Crippen LogP contribution in [-0.2, 0) is 4.79 Å². The van der Waals surface area contributed by atoms with Gasteiger partial charge in [-0.15, -0.1) is 0 Å². The molecule has 1 aromatic rings. The first-order valence-corrected chi connectivity index (χ1v) is 13.2. The van der Waals surface area contributed by atoms with Crippen LogP contribution >= 0.6 is 0 Å². The molecule has 3 nitrogen and oxygen atoms in total. The molecule has 3 heteroatoms. The molecule has 0 radical (unpaired) electrons. The van der Waals surface area contributed by atoms with Crippen LogP contribution in [-0.4, -0.2) is 12.6 Å². The zero-order chi connectivity index (χ0) is 22.2. The Labute approximate surface area is 191 Å². The van der Waals surface area contributed by atoms with Gasteiger partial charge in [0, 0.05) is 0 Å². The Hall–Kier alpha value is -1.51. The van der Waals surface area contributed by atoms with E-state index in [1.165, 1.54) is 83.5 Å². The SMILES string of the molecule is CCCCCCCCOc1ccc(OC(=O)[C@H]2CC[C@H](CCCCCCC)CC2)cc1. The molecule has 0 bridgehead atoms. The second-order valence-electron chi connectivity index (χ2n) is 9.43. The summed E-state index contributed by atoms with van der Waals surface area (Å²) in [5, 5.41) is 0. The molecule has 31 heavy (non-hydrogen) atoms. The van der Waals surface area contributed by atoms with Crippen molar-refractivity contribution in [2.45, 2.75) is 117 Å². The fourth-order valence-electron chi connectivity index (χ4n) is 4.60. The van der Waals surface area contributed by atoms with E-state index in [1.807, 2.05) is 24.3 Å². The van der Waals surface area contributed by atoms with Crippen molar-refractivity contribution >= 4 is 5.97 Å². The smallest absolute Gasteiger partial charge is 0.314 e. The molecule has 0 spiro atoms. The van der Waals surface area contributed by atoms with Crippen molar-refractivity contribution in [2.75, 3.05) is 6.61 Å². The van der Waals surface area contributed by atoms with Crippen LogP contribution in [0.5, 0.6) is 11.5 Å². The standard InChI is InChI=1S/C28H46O3/c1-3-5-7-9-11-13-23-30-26-19-21-27(22-20-26)31-28(29)25-17-15-24(16-18-25)14-12-10-8-6-4-2/h19-22,24-25H,3-18,23H2,1-2H3/t24-,25-. The lowest BCUT2D eigenvalue weighted by Gasteiger charge is -2.27. The fraction of sp³-hybridized carbons (Fsp3) is 0.750. The van der Waals surface area contributed by atoms with Crippen molar-refractivity contribution in [1.82, 2.24) is 0 Å². The highest BCUT2D eigenvalue weighted by atomic mass is 16.5. The normalized spacial score (nSPS) is 18.6. The first-order chi connectivity index (χ1) is 15.2. The third kappa shape index (κ3) is 11.1. The lowest BCUT2D eigenvalue weighted by Crippen LogP contribution is -2.25. The second kappa shape index (κ2) is 16.2. The molecule has 0 atom stereocenters. The maximum Gasteiger partial charge on any atom is 0.314 e. The summed E-state index contributed by atoms with van der Waals surface area (Å²) in [6.45, 7) is 5.26. The van der Waals surface area contributed by atoms with Crippen LogP contribution in [0.25, 0.3) is 0 Å². The Morgan fingerprint density at radius 1 is 0.742 bits per heavy atom. The third-order valence-corrected chi connectivity index (χ3v) is 6.70. The van der Waals surface area contributed by atoms with Gasteiger partial charge in [-0.1, -0.05) is 84.5 Å². The van der Waals surface area contributed by atoms with Crippen molar-refractivity contribution in [1.29, 1.82) is 0 Å². The number of carbonyl (C=O) groups is 1. The molecule has 176 valence electrons. The van der Waals surface area contributed by atoms with Gasteiger partial charge in [-0.2, -0.15) is 0 Å². The lowest BCUT2D eigenvalue weighted by atomic mass is 9.80. The van der Waals surface area contributed by atoms with E-state index >= 15 is 0 Å². The number of esters is 1. The number of hydrogen-bond acceptors (Lipinski definition) is 3. The molecule has 0 heterocycles. The highest BCUT2D eigenvalue weighted by Gasteiger charge is 2.27. The molecule has 0 aliphatic heterocycles. The zero-order valence-electron chi connectivity index (χ0n) is 20.2. The molecule has 1 saturated carbocycles. The van der Waals surface area contributed by atoms with Crippen LogP contribution in [0.2, 0.25) is 0 Å². The Bertz CT molecular complexity index is 572. The molecule has 1 aliphatic rings. The fourth-order valence-corrected chi connectivity index (χ4v) is 4.60. The monoisotopic (exact) mass is 430 g/mol. The van der Waals surface area contributed by atoms with Gasteiger partial charge in [-0.3, -0.25) is 4.79 Å². The van der Waals surface area contributed by atoms with Crippen molar-refractivity contribution < 1.29 is 14.3 Å². The predicted octanol–water partition coefficient (Wildman–Crippen LogP) is 8.50. The zero-order valence-corrected chi connectivity index (χ0v) is 20.2. The molecular weight excluding hydrogens is 384 g/mol. The largest absolute Gasteiger partial charge is 0.494 e. The number of rotatable bonds is 16. The van der Waals surface area contributed by atoms with E-state index < -0.39 is 0 Å². The van der Waals surface area contributed by atoms with Gasteiger partial charge in [0.05, 0.1) is 12.5 Å². The molecular formula is C28H46O3. The second-order valence-corrected chi connectivity index (χ2v) is 9.43. The van der Waals surface area contributed by atoms with Gasteiger partial charge in [-0.05, 0) is 62.3 Å². The average molecular weight is 431 g/mol. The van der Waals surface area contributed by atoms with E-state index in [-0.39, 0.29) is 11.9 Å². The van der Waals surface area contributed by atoms with Gasteiger partial charge < -0.3 is 9.47 Å². The summed E-state index contributed by atoms with van der Waals surface area (Å²) < 4.78 is 11.5. The van der Waals surface area contributed by atoms with Gasteiger partial charge in [0.1, 0.15) is 11.5 Å². The first-order valence-electron chi connectivity index (χ1n) is 13.2. The van der Waals surface area contributed by atoms with E-state index in [4.69, 9.17) is 9.47 Å². The molecule has 0 aromatic heterocycles. The first kappa shape index (κ1) is 25.7. The molecule has 0 N–H and O–H groups in total. The maximum absolute atomic E-state index is 12.6. The van der Waals surface area contributed by atoms with Crippen molar-refractivity contribution in [3.8, 4) is 11.5 Å². The predicted molar refractivity (Wildman–Crippen MR) is 130 cm³/mol. The van der Waals surface area contributed by atoms with Crippen molar-refractivity contribution in [3.63, 3.8) is 0 Å². The maximum atomic E-state index is 12.6. The van der Waals surface area contributed by atoms with Crippen LogP contribution in [0.15, 0.2) is 24.3 Å². The van der Waals surface area contributed by atoms with Gasteiger partial charge in [0.25, 0.3) is 0 Å². The topological polar surface area (TPSA) is 35.5 Å². The lowest BCUT2D eigenvalue weighted by molar-refractivity contribution is -0.140. The van der Waals surface area contributed by atoms with E-state index in [0.717, 1.165) is 37.5 Å². The third-order valence-electron chi connectivity index (χ3n) is 6.70. The highest BCUT2D eigenvalue weighted by Crippen LogP contribution is 2.33. The van der Waals surface area contributed by atoms with Crippen molar-refractivity contribution in [3.05, 3.63) is 24.3 Å². The van der Waals surface area contributed by atoms with E-state index in [9.17, 15) is 4.79 Å². The molecule has 0 unspecified atom stereocenters. The van der Waals surface area contributed by atoms with Gasteiger partial charge in [-0.25, -0.2) is 0 Å². The van der Waals surface area contributed by atoms with Gasteiger partial charge in [0.2, 0.25) is 0 Å². The van der Waals surface area contributed by atoms with E-state index in [2.05, 4.69) is 13.8 Å². The average Bonchev–Trinajstić information content (AvgIpc) is 2.80. The van der Waals surface area contributed by atoms with E-state index in [1.54, 1.807) is 0 Å². The van der Waals surface area contributed by atoms with Crippen LogP contribution in [0.1, 0.15) is 117 Å². The molecule has 1 aromatic carbocycles. The van der Waals surface area contributed by atoms with Crippen LogP contribution in [0.3, 0.4) is 0 Å². The summed E-state index contributed by atoms with van der Waals surface area (Å²) in [6, 6.07) is 7.54. The van der Waals surface area contributed by atoms with Crippen LogP contribution < -0.4 is 9.47 Å². The minimum absolute atomic E-state index is 0.0536. The number of benzene rings is 1. The molecule has 1 fully saturated rings. The van der Waals surface area contributed by atoms with Crippen LogP contribution in [0, 0.1) is 11.8 Å². The highest BCUT2D eigenvalue weighted by molar-refractivity contribution is 5.75. The molecule has 0 amide bonds. The summed E-state index contributed by atoms with van der Waals surface area (Å²) in [4.78, 5) is 12.6. The Balaban J connectivity index is 1.58. The molecule has 0 saturated heterocycles. The summed E-state index contributed by atoms with van der Waals surface area (Å²) in [6.07, 6.45) is 20.0. The Morgan fingerprint density at radius 3 is 1.94 bits per heavy atom. The van der Waals surface area contributed by atoms with Crippen LogP contribution in [0.4, 0.5) is 0 Å². The minimum Gasteiger partial charge on any atom is -0.494 e. The quantitative estimate of drug-likeness (QED) is 0.150. The Morgan fingerprint density at radius 2 is 1.29 bits per heavy atom. The van der Waals surface area contributed by atoms with E-state index in [0.29, 0.717) is 5.75 Å². The number of hydrogen-bond donors (Lipinski definition) is 0. The minimum atomic E-state index is -0.0536. The number of unbranched alkanes of at least 4 members (excludes halogenated alkanes) is 9. The number of carbonyl (C=O) groups excluding carboxylic acids is 1.